The number of hydrogen-bond acceptors (Lipinski definition) is 3. The van der Waals surface area contributed by atoms with E-state index in [1.165, 1.54) is 0 Å². The highest BCUT2D eigenvalue weighted by Gasteiger charge is 2.42. The van der Waals surface area contributed by atoms with E-state index in [1.54, 1.807) is 0 Å². The Kier molecular flexibility index (Phi) is 3.50. The van der Waals surface area contributed by atoms with Crippen molar-refractivity contribution in [3.8, 4) is 0 Å². The minimum atomic E-state index is -0.734. The summed E-state index contributed by atoms with van der Waals surface area (Å²) in [5.74, 6) is -0.533. The van der Waals surface area contributed by atoms with Gasteiger partial charge in [-0.25, -0.2) is 0 Å². The summed E-state index contributed by atoms with van der Waals surface area (Å²) >= 11 is 0. The van der Waals surface area contributed by atoms with Crippen LogP contribution in [0.5, 0.6) is 0 Å². The van der Waals surface area contributed by atoms with E-state index in [9.17, 15) is 15.0 Å². The van der Waals surface area contributed by atoms with Crippen LogP contribution in [0.3, 0.4) is 0 Å². The maximum atomic E-state index is 11.2. The quantitative estimate of drug-likeness (QED) is 0.741. The molecule has 2 aliphatic rings. The standard InChI is InChI=1S/C12H21NO3/c1-8-6-7-13(11(8)12(15)16)9-4-2-3-5-10(9)14/h8-11,14H,2-7H2,1H3,(H,15,16). The molecule has 2 rings (SSSR count). The van der Waals surface area contributed by atoms with Crippen LogP contribution in [-0.2, 0) is 4.79 Å². The third-order valence-electron chi connectivity index (χ3n) is 4.11. The number of nitrogens with zero attached hydrogens (tertiary/aromatic N) is 1. The number of hydrogen-bond donors (Lipinski definition) is 2. The summed E-state index contributed by atoms with van der Waals surface area (Å²) in [4.78, 5) is 13.3. The van der Waals surface area contributed by atoms with Crippen molar-refractivity contribution in [2.75, 3.05) is 6.54 Å². The first-order valence-corrected chi connectivity index (χ1v) is 6.28. The number of aliphatic carboxylic acids is 1. The van der Waals surface area contributed by atoms with Gasteiger partial charge in [0.25, 0.3) is 0 Å². The second-order valence-corrected chi connectivity index (χ2v) is 5.21. The van der Waals surface area contributed by atoms with Gasteiger partial charge in [-0.2, -0.15) is 0 Å². The first kappa shape index (κ1) is 11.9. The Labute approximate surface area is 96.3 Å². The van der Waals surface area contributed by atoms with Gasteiger partial charge in [0.05, 0.1) is 6.10 Å². The van der Waals surface area contributed by atoms with E-state index >= 15 is 0 Å². The maximum absolute atomic E-state index is 11.2. The lowest BCUT2D eigenvalue weighted by molar-refractivity contribution is -0.145. The average Bonchev–Trinajstić information content (AvgIpc) is 2.61. The lowest BCUT2D eigenvalue weighted by Gasteiger charge is -2.37. The van der Waals surface area contributed by atoms with Crippen LogP contribution in [0.15, 0.2) is 0 Å². The number of likely N-dealkylation sites (tertiary alicyclic amines) is 1. The zero-order chi connectivity index (χ0) is 11.7. The molecule has 0 bridgehead atoms. The van der Waals surface area contributed by atoms with Crippen molar-refractivity contribution in [2.45, 2.75) is 57.2 Å². The first-order chi connectivity index (χ1) is 7.61. The third kappa shape index (κ3) is 2.09. The summed E-state index contributed by atoms with van der Waals surface area (Å²) in [6, 6.07) is -0.322. The molecule has 0 aromatic heterocycles. The van der Waals surface area contributed by atoms with Gasteiger partial charge in [-0.05, 0) is 31.7 Å². The normalized spacial score (nSPS) is 41.1. The van der Waals surface area contributed by atoms with E-state index in [-0.39, 0.29) is 18.1 Å². The van der Waals surface area contributed by atoms with Gasteiger partial charge >= 0.3 is 5.97 Å². The molecule has 4 nitrogen and oxygen atoms in total. The van der Waals surface area contributed by atoms with Crippen molar-refractivity contribution in [1.29, 1.82) is 0 Å². The van der Waals surface area contributed by atoms with Gasteiger partial charge in [0.1, 0.15) is 6.04 Å². The number of aliphatic hydroxyl groups excluding tert-OH is 1. The SMILES string of the molecule is CC1CCN(C2CCCCC2O)C1C(=O)O. The molecule has 1 aliphatic heterocycles. The lowest BCUT2D eigenvalue weighted by Crippen LogP contribution is -2.51. The van der Waals surface area contributed by atoms with E-state index in [0.717, 1.165) is 38.6 Å². The van der Waals surface area contributed by atoms with Gasteiger partial charge in [-0.3, -0.25) is 9.69 Å². The molecule has 1 heterocycles. The number of carboxylic acids is 1. The predicted molar refractivity (Wildman–Crippen MR) is 60.2 cm³/mol. The molecule has 0 radical (unpaired) electrons. The van der Waals surface area contributed by atoms with Crippen molar-refractivity contribution in [2.24, 2.45) is 5.92 Å². The Hall–Kier alpha value is -0.610. The van der Waals surface area contributed by atoms with Gasteiger partial charge in [-0.1, -0.05) is 19.8 Å². The smallest absolute Gasteiger partial charge is 0.321 e. The summed E-state index contributed by atoms with van der Waals surface area (Å²) < 4.78 is 0. The van der Waals surface area contributed by atoms with Crippen molar-refractivity contribution >= 4 is 5.97 Å². The second-order valence-electron chi connectivity index (χ2n) is 5.21. The van der Waals surface area contributed by atoms with E-state index in [1.807, 2.05) is 11.8 Å². The number of aliphatic hydroxyl groups is 1. The zero-order valence-electron chi connectivity index (χ0n) is 9.80. The number of rotatable bonds is 2. The molecule has 16 heavy (non-hydrogen) atoms. The topological polar surface area (TPSA) is 60.8 Å². The predicted octanol–water partition coefficient (Wildman–Crippen LogP) is 1.08. The van der Waals surface area contributed by atoms with E-state index < -0.39 is 12.0 Å². The average molecular weight is 227 g/mol. The molecule has 2 fully saturated rings. The van der Waals surface area contributed by atoms with Crippen molar-refractivity contribution in [3.63, 3.8) is 0 Å². The fourth-order valence-corrected chi connectivity index (χ4v) is 3.21. The van der Waals surface area contributed by atoms with Crippen LogP contribution in [0.1, 0.15) is 39.0 Å². The molecule has 4 unspecified atom stereocenters. The Morgan fingerprint density at radius 3 is 2.56 bits per heavy atom. The van der Waals surface area contributed by atoms with Crippen LogP contribution in [0.2, 0.25) is 0 Å². The molecule has 4 atom stereocenters. The highest BCUT2D eigenvalue weighted by Crippen LogP contribution is 2.32. The van der Waals surface area contributed by atoms with Crippen LogP contribution in [-0.4, -0.2) is 45.8 Å². The number of carbonyl (C=O) groups is 1. The summed E-state index contributed by atoms with van der Waals surface area (Å²) in [7, 11) is 0. The molecule has 2 N–H and O–H groups in total. The van der Waals surface area contributed by atoms with Crippen LogP contribution in [0.4, 0.5) is 0 Å². The van der Waals surface area contributed by atoms with Gasteiger partial charge < -0.3 is 10.2 Å². The fourth-order valence-electron chi connectivity index (χ4n) is 3.21. The summed E-state index contributed by atoms with van der Waals surface area (Å²) in [5, 5.41) is 19.2. The molecule has 92 valence electrons. The first-order valence-electron chi connectivity index (χ1n) is 6.28. The summed E-state index contributed by atoms with van der Waals surface area (Å²) in [5.41, 5.74) is 0. The molecule has 0 aromatic rings. The molecule has 0 aromatic carbocycles. The second kappa shape index (κ2) is 4.72. The minimum Gasteiger partial charge on any atom is -0.480 e. The lowest BCUT2D eigenvalue weighted by atomic mass is 9.90. The molecule has 0 amide bonds. The molecular weight excluding hydrogens is 206 g/mol. The highest BCUT2D eigenvalue weighted by molar-refractivity contribution is 5.74. The molecule has 0 spiro atoms. The summed E-state index contributed by atoms with van der Waals surface area (Å²) in [6.45, 7) is 2.81. The van der Waals surface area contributed by atoms with Crippen molar-refractivity contribution in [1.82, 2.24) is 4.90 Å². The summed E-state index contributed by atoms with van der Waals surface area (Å²) in [6.07, 6.45) is 4.54. The van der Waals surface area contributed by atoms with Crippen molar-refractivity contribution in [3.05, 3.63) is 0 Å². The molecule has 1 saturated carbocycles. The van der Waals surface area contributed by atoms with Crippen LogP contribution in [0.25, 0.3) is 0 Å². The Bertz CT molecular complexity index is 269. The molecular formula is C12H21NO3. The van der Waals surface area contributed by atoms with Crippen LogP contribution < -0.4 is 0 Å². The molecule has 1 aliphatic carbocycles. The Balaban J connectivity index is 2.10. The minimum absolute atomic E-state index is 0.0693. The third-order valence-corrected chi connectivity index (χ3v) is 4.11. The van der Waals surface area contributed by atoms with Gasteiger partial charge in [0.15, 0.2) is 0 Å². The van der Waals surface area contributed by atoms with Gasteiger partial charge in [0, 0.05) is 6.04 Å². The van der Waals surface area contributed by atoms with Crippen molar-refractivity contribution < 1.29 is 15.0 Å². The van der Waals surface area contributed by atoms with E-state index in [4.69, 9.17) is 0 Å². The highest BCUT2D eigenvalue weighted by atomic mass is 16.4. The largest absolute Gasteiger partial charge is 0.480 e. The fraction of sp³-hybridized carbons (Fsp3) is 0.917. The maximum Gasteiger partial charge on any atom is 0.321 e. The van der Waals surface area contributed by atoms with E-state index in [2.05, 4.69) is 0 Å². The van der Waals surface area contributed by atoms with E-state index in [0.29, 0.717) is 0 Å². The Morgan fingerprint density at radius 1 is 1.25 bits per heavy atom. The number of carboxylic acid groups (broad SMARTS) is 1. The monoisotopic (exact) mass is 227 g/mol. The molecule has 1 saturated heterocycles. The van der Waals surface area contributed by atoms with Crippen LogP contribution >= 0.6 is 0 Å². The van der Waals surface area contributed by atoms with Gasteiger partial charge in [0.2, 0.25) is 0 Å². The van der Waals surface area contributed by atoms with Gasteiger partial charge in [-0.15, -0.1) is 0 Å². The van der Waals surface area contributed by atoms with Crippen LogP contribution in [0, 0.1) is 5.92 Å². The molecule has 4 heteroatoms. The zero-order valence-corrected chi connectivity index (χ0v) is 9.80. The Morgan fingerprint density at radius 2 is 1.94 bits per heavy atom.